The molecule has 2 saturated carbocycles. The Balaban J connectivity index is 0.000000234. The van der Waals surface area contributed by atoms with Crippen molar-refractivity contribution in [3.63, 3.8) is 0 Å². The van der Waals surface area contributed by atoms with Crippen molar-refractivity contribution in [2.75, 3.05) is 20.2 Å². The molecular formula is C20H27F3N2O3S. The number of hydrogen-bond donors (Lipinski definition) is 1. The van der Waals surface area contributed by atoms with Crippen molar-refractivity contribution in [1.29, 1.82) is 0 Å². The summed E-state index contributed by atoms with van der Waals surface area (Å²) in [4.78, 5) is 25.3. The van der Waals surface area contributed by atoms with Crippen LogP contribution in [0.15, 0.2) is 30.3 Å². The van der Waals surface area contributed by atoms with Crippen molar-refractivity contribution in [3.8, 4) is 0 Å². The van der Waals surface area contributed by atoms with Crippen LogP contribution in [-0.4, -0.2) is 43.1 Å². The van der Waals surface area contributed by atoms with Crippen LogP contribution in [0.3, 0.4) is 0 Å². The number of carbonyl (C=O) groups is 2. The third-order valence-electron chi connectivity index (χ3n) is 5.70. The number of piperidine rings is 1. The third-order valence-corrected chi connectivity index (χ3v) is 5.70. The number of hydrogen-bond acceptors (Lipinski definition) is 3. The summed E-state index contributed by atoms with van der Waals surface area (Å²) in [5.41, 5.74) is -0.602. The first-order valence-corrected chi connectivity index (χ1v) is 9.53. The number of benzene rings is 1. The number of fused-ring (bicyclic) bond motifs is 1. The molecule has 2 unspecified atom stereocenters. The van der Waals surface area contributed by atoms with E-state index in [4.69, 9.17) is 0 Å². The minimum absolute atomic E-state index is 0. The van der Waals surface area contributed by atoms with E-state index in [1.54, 1.807) is 6.07 Å². The Morgan fingerprint density at radius 1 is 1.10 bits per heavy atom. The fourth-order valence-electron chi connectivity index (χ4n) is 3.83. The number of amides is 2. The number of rotatable bonds is 2. The number of nitrogens with one attached hydrogen (secondary N) is 1. The highest BCUT2D eigenvalue weighted by Crippen LogP contribution is 2.45. The van der Waals surface area contributed by atoms with Crippen molar-refractivity contribution < 1.29 is 27.5 Å². The molecule has 1 N–H and O–H groups in total. The SMILES string of the molecule is COC(=O)NC1CC(C(=O)N2CCC3CC3C2)C1.FC(F)(F)c1ccccc1.S. The van der Waals surface area contributed by atoms with Crippen LogP contribution in [0.1, 0.15) is 31.2 Å². The number of halogens is 3. The molecule has 3 aliphatic rings. The smallest absolute Gasteiger partial charge is 0.416 e. The van der Waals surface area contributed by atoms with Crippen molar-refractivity contribution in [2.45, 2.75) is 37.9 Å². The first-order chi connectivity index (χ1) is 13.3. The maximum Gasteiger partial charge on any atom is 0.416 e. The Kier molecular flexibility index (Phi) is 7.85. The number of likely N-dealkylation sites (tertiary alicyclic amines) is 1. The first-order valence-electron chi connectivity index (χ1n) is 9.53. The van der Waals surface area contributed by atoms with E-state index in [0.29, 0.717) is 5.91 Å². The Morgan fingerprint density at radius 2 is 1.76 bits per heavy atom. The summed E-state index contributed by atoms with van der Waals surface area (Å²) in [5.74, 6) is 2.10. The lowest BCUT2D eigenvalue weighted by Gasteiger charge is -2.38. The summed E-state index contributed by atoms with van der Waals surface area (Å²) in [6, 6.07) is 6.48. The summed E-state index contributed by atoms with van der Waals surface area (Å²) in [6.07, 6.45) is -0.573. The van der Waals surface area contributed by atoms with E-state index in [1.165, 1.54) is 32.1 Å². The van der Waals surface area contributed by atoms with Gasteiger partial charge in [-0.15, -0.1) is 0 Å². The van der Waals surface area contributed by atoms with Gasteiger partial charge in [0.2, 0.25) is 5.91 Å². The Labute approximate surface area is 175 Å². The number of alkyl halides is 3. The average molecular weight is 433 g/mol. The van der Waals surface area contributed by atoms with Gasteiger partial charge >= 0.3 is 12.3 Å². The highest BCUT2D eigenvalue weighted by molar-refractivity contribution is 7.59. The Morgan fingerprint density at radius 3 is 2.28 bits per heavy atom. The van der Waals surface area contributed by atoms with Crippen LogP contribution in [0, 0.1) is 17.8 Å². The van der Waals surface area contributed by atoms with E-state index in [-0.39, 0.29) is 25.5 Å². The molecule has 1 aromatic carbocycles. The van der Waals surface area contributed by atoms with Crippen molar-refractivity contribution in [1.82, 2.24) is 10.2 Å². The second-order valence-corrected chi connectivity index (χ2v) is 7.69. The first kappa shape index (κ1) is 23.4. The minimum atomic E-state index is -4.21. The summed E-state index contributed by atoms with van der Waals surface area (Å²) < 4.78 is 39.9. The molecule has 29 heavy (non-hydrogen) atoms. The third kappa shape index (κ3) is 6.29. The molecule has 0 radical (unpaired) electrons. The summed E-state index contributed by atoms with van der Waals surface area (Å²) in [6.45, 7) is 1.90. The number of alkyl carbamates (subject to hydrolysis) is 1. The molecule has 9 heteroatoms. The van der Waals surface area contributed by atoms with Gasteiger partial charge in [0.1, 0.15) is 0 Å². The molecule has 1 saturated heterocycles. The molecule has 0 aromatic heterocycles. The summed E-state index contributed by atoms with van der Waals surface area (Å²) in [5, 5.41) is 2.74. The maximum absolute atomic E-state index is 12.2. The number of methoxy groups -OCH3 is 1. The highest BCUT2D eigenvalue weighted by Gasteiger charge is 2.45. The van der Waals surface area contributed by atoms with Crippen LogP contribution in [0.5, 0.6) is 0 Å². The average Bonchev–Trinajstić information content (AvgIpc) is 3.43. The fourth-order valence-corrected chi connectivity index (χ4v) is 3.83. The van der Waals surface area contributed by atoms with E-state index in [2.05, 4.69) is 10.1 Å². The highest BCUT2D eigenvalue weighted by atomic mass is 32.1. The lowest BCUT2D eigenvalue weighted by Crippen LogP contribution is -2.51. The monoisotopic (exact) mass is 432 g/mol. The second kappa shape index (κ2) is 9.73. The molecule has 4 rings (SSSR count). The Bertz CT molecular complexity index is 696. The van der Waals surface area contributed by atoms with Crippen molar-refractivity contribution >= 4 is 25.5 Å². The number of carbonyl (C=O) groups excluding carboxylic acids is 2. The molecule has 162 valence electrons. The van der Waals surface area contributed by atoms with Gasteiger partial charge in [0.25, 0.3) is 0 Å². The van der Waals surface area contributed by atoms with Gasteiger partial charge in [-0.05, 0) is 37.5 Å². The molecule has 2 amide bonds. The van der Waals surface area contributed by atoms with Gasteiger partial charge < -0.3 is 15.0 Å². The zero-order valence-corrected chi connectivity index (χ0v) is 17.2. The molecule has 1 aliphatic heterocycles. The van der Waals surface area contributed by atoms with Gasteiger partial charge in [-0.3, -0.25) is 4.79 Å². The Hall–Kier alpha value is -1.90. The zero-order valence-electron chi connectivity index (χ0n) is 16.2. The van der Waals surface area contributed by atoms with Crippen LogP contribution in [-0.2, 0) is 15.7 Å². The topological polar surface area (TPSA) is 58.6 Å². The van der Waals surface area contributed by atoms with Crippen LogP contribution < -0.4 is 5.32 Å². The van der Waals surface area contributed by atoms with E-state index in [9.17, 15) is 22.8 Å². The quantitative estimate of drug-likeness (QED) is 0.773. The number of ether oxygens (including phenoxy) is 1. The minimum Gasteiger partial charge on any atom is -0.453 e. The fraction of sp³-hybridized carbons (Fsp3) is 0.600. The predicted molar refractivity (Wildman–Crippen MR) is 107 cm³/mol. The van der Waals surface area contributed by atoms with Crippen molar-refractivity contribution in [3.05, 3.63) is 35.9 Å². The van der Waals surface area contributed by atoms with Gasteiger partial charge in [-0.2, -0.15) is 26.7 Å². The number of nitrogens with zero attached hydrogens (tertiary/aromatic N) is 1. The lowest BCUT2D eigenvalue weighted by molar-refractivity contribution is -0.140. The largest absolute Gasteiger partial charge is 0.453 e. The van der Waals surface area contributed by atoms with E-state index >= 15 is 0 Å². The molecular weight excluding hydrogens is 405 g/mol. The van der Waals surface area contributed by atoms with E-state index in [1.807, 2.05) is 4.90 Å². The van der Waals surface area contributed by atoms with Gasteiger partial charge in [0.15, 0.2) is 0 Å². The molecule has 1 aromatic rings. The standard InChI is InChI=1S/C13H20N2O3.C7H5F3.H2S/c1-18-13(17)14-11-5-9(6-11)12(16)15-3-2-8-4-10(8)7-15;8-7(9,10)6-4-2-1-3-5-6;/h8-11H,2-7H2,1H3,(H,14,17);1-5H;1H2. The molecule has 0 bridgehead atoms. The summed E-state index contributed by atoms with van der Waals surface area (Å²) >= 11 is 0. The van der Waals surface area contributed by atoms with Gasteiger partial charge in [0.05, 0.1) is 12.7 Å². The molecule has 1 heterocycles. The van der Waals surface area contributed by atoms with Crippen molar-refractivity contribution in [2.24, 2.45) is 17.8 Å². The molecule has 3 fully saturated rings. The molecule has 2 aliphatic carbocycles. The van der Waals surface area contributed by atoms with Gasteiger partial charge in [0, 0.05) is 25.0 Å². The van der Waals surface area contributed by atoms with Crippen LogP contribution >= 0.6 is 13.5 Å². The van der Waals surface area contributed by atoms with Crippen LogP contribution in [0.4, 0.5) is 18.0 Å². The molecule has 2 atom stereocenters. The van der Waals surface area contributed by atoms with Gasteiger partial charge in [-0.1, -0.05) is 30.3 Å². The maximum atomic E-state index is 12.2. The lowest BCUT2D eigenvalue weighted by atomic mass is 9.79. The summed E-state index contributed by atoms with van der Waals surface area (Å²) in [7, 11) is 1.36. The predicted octanol–water partition coefficient (Wildman–Crippen LogP) is 3.81. The normalized spacial score (nSPS) is 27.1. The van der Waals surface area contributed by atoms with E-state index in [0.717, 1.165) is 49.9 Å². The molecule has 5 nitrogen and oxygen atoms in total. The second-order valence-electron chi connectivity index (χ2n) is 7.69. The van der Waals surface area contributed by atoms with Gasteiger partial charge in [-0.25, -0.2) is 4.79 Å². The van der Waals surface area contributed by atoms with Crippen LogP contribution in [0.25, 0.3) is 0 Å². The van der Waals surface area contributed by atoms with Crippen LogP contribution in [0.2, 0.25) is 0 Å². The zero-order chi connectivity index (χ0) is 20.3. The van der Waals surface area contributed by atoms with E-state index < -0.39 is 17.8 Å². The molecule has 0 spiro atoms.